The molecule has 1 atom stereocenters. The van der Waals surface area contributed by atoms with E-state index in [9.17, 15) is 0 Å². The lowest BCUT2D eigenvalue weighted by atomic mass is 10.0. The molecule has 2 aromatic heterocycles. The number of aromatic nitrogens is 3. The molecule has 3 heterocycles. The third-order valence-corrected chi connectivity index (χ3v) is 5.01. The summed E-state index contributed by atoms with van der Waals surface area (Å²) >= 11 is 0. The Morgan fingerprint density at radius 1 is 1.35 bits per heavy atom. The van der Waals surface area contributed by atoms with E-state index in [-0.39, 0.29) is 5.84 Å². The number of likely N-dealkylation sites (tertiary alicyclic amines) is 1. The van der Waals surface area contributed by atoms with Gasteiger partial charge in [-0.1, -0.05) is 0 Å². The van der Waals surface area contributed by atoms with Crippen molar-refractivity contribution in [3.63, 3.8) is 0 Å². The van der Waals surface area contributed by atoms with Gasteiger partial charge in [0.1, 0.15) is 11.7 Å². The van der Waals surface area contributed by atoms with Crippen LogP contribution in [0.3, 0.4) is 0 Å². The van der Waals surface area contributed by atoms with Crippen LogP contribution in [0.25, 0.3) is 0 Å². The maximum atomic E-state index is 8.52. The third kappa shape index (κ3) is 3.65. The third-order valence-electron chi connectivity index (χ3n) is 5.01. The van der Waals surface area contributed by atoms with E-state index in [0.29, 0.717) is 23.5 Å². The van der Waals surface area contributed by atoms with Gasteiger partial charge in [-0.25, -0.2) is 4.98 Å². The number of amidine groups is 1. The number of nitrogens with one attached hydrogen (secondary N) is 3. The lowest BCUT2D eigenvalue weighted by molar-refractivity contribution is 0.261. The first-order valence-corrected chi connectivity index (χ1v) is 9.20. The largest absolute Gasteiger partial charge is 0.383 e. The van der Waals surface area contributed by atoms with Gasteiger partial charge in [0, 0.05) is 25.0 Å². The van der Waals surface area contributed by atoms with Crippen molar-refractivity contribution in [2.75, 3.05) is 36.5 Å². The fourth-order valence-electron chi connectivity index (χ4n) is 3.51. The molecule has 138 valence electrons. The zero-order chi connectivity index (χ0) is 18.1. The molecule has 1 aliphatic heterocycles. The van der Waals surface area contributed by atoms with E-state index >= 15 is 0 Å². The summed E-state index contributed by atoms with van der Waals surface area (Å²) in [5.74, 6) is 0.587. The van der Waals surface area contributed by atoms with Gasteiger partial charge >= 0.3 is 0 Å². The summed E-state index contributed by atoms with van der Waals surface area (Å²) in [7, 11) is 2.14. The van der Waals surface area contributed by atoms with Crippen molar-refractivity contribution in [1.82, 2.24) is 19.7 Å². The fourth-order valence-corrected chi connectivity index (χ4v) is 3.51. The summed E-state index contributed by atoms with van der Waals surface area (Å²) in [5.41, 5.74) is 8.37. The summed E-state index contributed by atoms with van der Waals surface area (Å²) in [6.07, 6.45) is 10.0. The molecular weight excluding hydrogens is 328 g/mol. The number of anilines is 3. The van der Waals surface area contributed by atoms with Gasteiger partial charge in [0.2, 0.25) is 0 Å². The molecule has 0 amide bonds. The van der Waals surface area contributed by atoms with E-state index in [2.05, 4.69) is 32.7 Å². The van der Waals surface area contributed by atoms with Gasteiger partial charge in [-0.05, 0) is 45.3 Å². The Balaban J connectivity index is 1.51. The molecule has 0 bridgehead atoms. The maximum Gasteiger partial charge on any atom is 0.136 e. The van der Waals surface area contributed by atoms with Crippen LogP contribution in [-0.4, -0.2) is 51.7 Å². The number of hydrogen-bond acceptors (Lipinski definition) is 6. The Morgan fingerprint density at radius 2 is 2.19 bits per heavy atom. The second-order valence-electron chi connectivity index (χ2n) is 7.30. The minimum atomic E-state index is 0.234. The molecule has 1 saturated heterocycles. The number of rotatable bonds is 5. The number of piperidine rings is 1. The van der Waals surface area contributed by atoms with Crippen LogP contribution < -0.4 is 16.4 Å². The van der Waals surface area contributed by atoms with Gasteiger partial charge in [-0.3, -0.25) is 10.1 Å². The average Bonchev–Trinajstić information content (AvgIpc) is 3.35. The van der Waals surface area contributed by atoms with Crippen molar-refractivity contribution < 1.29 is 0 Å². The van der Waals surface area contributed by atoms with Crippen LogP contribution in [0.5, 0.6) is 0 Å². The number of pyridine rings is 1. The monoisotopic (exact) mass is 354 g/mol. The van der Waals surface area contributed by atoms with Crippen LogP contribution >= 0.6 is 0 Å². The Labute approximate surface area is 153 Å². The van der Waals surface area contributed by atoms with Crippen molar-refractivity contribution in [2.45, 2.75) is 37.8 Å². The van der Waals surface area contributed by atoms with Crippen LogP contribution in [0.15, 0.2) is 24.7 Å². The first kappa shape index (κ1) is 16.8. The molecule has 0 spiro atoms. The zero-order valence-electron chi connectivity index (χ0n) is 15.1. The Kier molecular flexibility index (Phi) is 4.50. The van der Waals surface area contributed by atoms with E-state index in [0.717, 1.165) is 30.9 Å². The number of hydrogen-bond donors (Lipinski definition) is 4. The number of likely N-dealkylation sites (N-methyl/N-ethyl adjacent to an activating group) is 1. The molecule has 1 aliphatic carbocycles. The standard InChI is InChI=1S/C18H26N8/c1-25-8-2-3-12(10-25)23-15-6-7-21-17(19)16(15)18(20)24-13-9-22-26(11-13)14-4-5-14/h6-7,9,11-12,14H,2-5,8,10H2,1H3,(H2,20,24)(H3,19,21,23). The van der Waals surface area contributed by atoms with Crippen molar-refractivity contribution in [3.8, 4) is 0 Å². The van der Waals surface area contributed by atoms with E-state index in [1.54, 1.807) is 12.4 Å². The highest BCUT2D eigenvalue weighted by Gasteiger charge is 2.25. The van der Waals surface area contributed by atoms with E-state index < -0.39 is 0 Å². The highest BCUT2D eigenvalue weighted by atomic mass is 15.3. The molecular formula is C18H26N8. The van der Waals surface area contributed by atoms with Gasteiger partial charge in [0.05, 0.1) is 29.2 Å². The lowest BCUT2D eigenvalue weighted by Gasteiger charge is -2.31. The molecule has 8 heteroatoms. The second-order valence-corrected chi connectivity index (χ2v) is 7.30. The van der Waals surface area contributed by atoms with Crippen molar-refractivity contribution in [1.29, 1.82) is 5.41 Å². The molecule has 2 fully saturated rings. The van der Waals surface area contributed by atoms with E-state index in [4.69, 9.17) is 11.1 Å². The zero-order valence-corrected chi connectivity index (χ0v) is 15.1. The van der Waals surface area contributed by atoms with Gasteiger partial charge in [0.25, 0.3) is 0 Å². The SMILES string of the molecule is CN1CCCC(Nc2ccnc(N)c2C(=N)Nc2cnn(C3CC3)c2)C1. The predicted octanol–water partition coefficient (Wildman–Crippen LogP) is 2.14. The molecule has 2 aliphatic rings. The molecule has 5 N–H and O–H groups in total. The van der Waals surface area contributed by atoms with Gasteiger partial charge < -0.3 is 21.3 Å². The van der Waals surface area contributed by atoms with Crippen LogP contribution in [0.2, 0.25) is 0 Å². The summed E-state index contributed by atoms with van der Waals surface area (Å²) in [5, 5.41) is 19.6. The second kappa shape index (κ2) is 6.95. The molecule has 26 heavy (non-hydrogen) atoms. The lowest BCUT2D eigenvalue weighted by Crippen LogP contribution is -2.40. The van der Waals surface area contributed by atoms with Crippen molar-refractivity contribution in [3.05, 3.63) is 30.2 Å². The minimum absolute atomic E-state index is 0.234. The van der Waals surface area contributed by atoms with E-state index in [1.165, 1.54) is 19.3 Å². The molecule has 8 nitrogen and oxygen atoms in total. The van der Waals surface area contributed by atoms with Gasteiger partial charge in [-0.15, -0.1) is 0 Å². The van der Waals surface area contributed by atoms with Crippen LogP contribution in [0, 0.1) is 5.41 Å². The topological polar surface area (TPSA) is 108 Å². The molecule has 4 rings (SSSR count). The Morgan fingerprint density at radius 3 is 2.96 bits per heavy atom. The first-order chi connectivity index (χ1) is 12.6. The summed E-state index contributed by atoms with van der Waals surface area (Å²) in [4.78, 5) is 6.50. The highest BCUT2D eigenvalue weighted by Crippen LogP contribution is 2.34. The van der Waals surface area contributed by atoms with Crippen LogP contribution in [0.4, 0.5) is 17.2 Å². The minimum Gasteiger partial charge on any atom is -0.383 e. The normalized spacial score (nSPS) is 20.7. The van der Waals surface area contributed by atoms with Crippen molar-refractivity contribution in [2.24, 2.45) is 0 Å². The van der Waals surface area contributed by atoms with E-state index in [1.807, 2.05) is 16.9 Å². The highest BCUT2D eigenvalue weighted by molar-refractivity contribution is 6.12. The summed E-state index contributed by atoms with van der Waals surface area (Å²) in [6, 6.07) is 2.76. The van der Waals surface area contributed by atoms with Gasteiger partial charge in [0.15, 0.2) is 0 Å². The Bertz CT molecular complexity index is 794. The molecule has 0 radical (unpaired) electrons. The van der Waals surface area contributed by atoms with Crippen molar-refractivity contribution >= 4 is 23.0 Å². The number of nitrogens with zero attached hydrogens (tertiary/aromatic N) is 4. The summed E-state index contributed by atoms with van der Waals surface area (Å²) in [6.45, 7) is 2.11. The average molecular weight is 354 g/mol. The van der Waals surface area contributed by atoms with Gasteiger partial charge in [-0.2, -0.15) is 5.10 Å². The molecule has 2 aromatic rings. The molecule has 1 saturated carbocycles. The fraction of sp³-hybridized carbons (Fsp3) is 0.500. The quantitative estimate of drug-likeness (QED) is 0.484. The number of nitrogen functional groups attached to an aromatic ring is 1. The Hall–Kier alpha value is -2.61. The first-order valence-electron chi connectivity index (χ1n) is 9.20. The predicted molar refractivity (Wildman–Crippen MR) is 104 cm³/mol. The smallest absolute Gasteiger partial charge is 0.136 e. The molecule has 1 unspecified atom stereocenters. The van der Waals surface area contributed by atoms with Crippen LogP contribution in [0.1, 0.15) is 37.3 Å². The number of nitrogens with two attached hydrogens (primary N) is 1. The van der Waals surface area contributed by atoms with Crippen LogP contribution in [-0.2, 0) is 0 Å². The summed E-state index contributed by atoms with van der Waals surface area (Å²) < 4.78 is 1.96. The molecule has 0 aromatic carbocycles. The maximum absolute atomic E-state index is 8.52.